The van der Waals surface area contributed by atoms with Gasteiger partial charge in [-0.1, -0.05) is 38.1 Å². The molecule has 6 nitrogen and oxygen atoms in total. The minimum atomic E-state index is 0.347. The number of aliphatic imine (C=N–C) groups is 1. The number of nitrogens with zero attached hydrogens (tertiary/aromatic N) is 3. The normalized spacial score (nSPS) is 12.0. The Bertz CT molecular complexity index is 1000. The van der Waals surface area contributed by atoms with E-state index in [-0.39, 0.29) is 0 Å². The summed E-state index contributed by atoms with van der Waals surface area (Å²) in [6, 6.07) is 16.2. The molecule has 0 atom stereocenters. The van der Waals surface area contributed by atoms with Crippen molar-refractivity contribution in [2.75, 3.05) is 38.7 Å². The van der Waals surface area contributed by atoms with Gasteiger partial charge in [0.2, 0.25) is 11.8 Å². The molecule has 1 heterocycles. The quantitative estimate of drug-likeness (QED) is 0.209. The summed E-state index contributed by atoms with van der Waals surface area (Å²) in [7, 11) is 3.35. The van der Waals surface area contributed by atoms with Crippen molar-refractivity contribution in [2.24, 2.45) is 10.7 Å². The number of nitrogens with two attached hydrogens (primary N) is 1. The highest BCUT2D eigenvalue weighted by Crippen LogP contribution is 2.37. The molecule has 2 N–H and O–H groups in total. The van der Waals surface area contributed by atoms with Gasteiger partial charge < -0.3 is 19.8 Å². The molecular formula is C27H38N4O2. The van der Waals surface area contributed by atoms with Crippen molar-refractivity contribution in [3.63, 3.8) is 0 Å². The summed E-state index contributed by atoms with van der Waals surface area (Å²) in [5.74, 6) is 1.69. The number of guanidine groups is 1. The van der Waals surface area contributed by atoms with Crippen LogP contribution in [0.3, 0.4) is 0 Å². The van der Waals surface area contributed by atoms with Gasteiger partial charge in [-0.2, -0.15) is 0 Å². The molecule has 0 spiro atoms. The third-order valence-corrected chi connectivity index (χ3v) is 5.84. The van der Waals surface area contributed by atoms with Crippen LogP contribution in [0.1, 0.15) is 45.1 Å². The molecule has 0 radical (unpaired) electrons. The number of methoxy groups -OCH3 is 1. The highest BCUT2D eigenvalue weighted by Gasteiger charge is 2.22. The fraction of sp³-hybridized carbons (Fsp3) is 0.444. The van der Waals surface area contributed by atoms with Crippen LogP contribution < -0.4 is 15.4 Å². The lowest BCUT2D eigenvalue weighted by molar-refractivity contribution is 0.269. The van der Waals surface area contributed by atoms with E-state index in [1.165, 1.54) is 37.9 Å². The second-order valence-corrected chi connectivity index (χ2v) is 8.34. The van der Waals surface area contributed by atoms with E-state index in [1.807, 2.05) is 41.3 Å². The average Bonchev–Trinajstić information content (AvgIpc) is 3.25. The Morgan fingerprint density at radius 3 is 2.42 bits per heavy atom. The first kappa shape index (κ1) is 24.6. The van der Waals surface area contributed by atoms with E-state index in [9.17, 15) is 0 Å². The lowest BCUT2D eigenvalue weighted by Crippen LogP contribution is -2.33. The minimum absolute atomic E-state index is 0.347. The van der Waals surface area contributed by atoms with E-state index in [1.54, 1.807) is 14.2 Å². The summed E-state index contributed by atoms with van der Waals surface area (Å²) in [5, 5.41) is 1.01. The largest absolute Gasteiger partial charge is 0.495 e. The van der Waals surface area contributed by atoms with Crippen molar-refractivity contribution < 1.29 is 9.15 Å². The van der Waals surface area contributed by atoms with Crippen molar-refractivity contribution in [3.05, 3.63) is 54.1 Å². The fourth-order valence-corrected chi connectivity index (χ4v) is 4.23. The topological polar surface area (TPSA) is 67.2 Å². The number of rotatable bonds is 12. The maximum absolute atomic E-state index is 6.34. The smallest absolute Gasteiger partial charge is 0.208 e. The van der Waals surface area contributed by atoms with Gasteiger partial charge in [-0.05, 0) is 75.5 Å². The van der Waals surface area contributed by atoms with Crippen molar-refractivity contribution in [3.8, 4) is 5.75 Å². The van der Waals surface area contributed by atoms with Crippen molar-refractivity contribution in [2.45, 2.75) is 46.0 Å². The summed E-state index contributed by atoms with van der Waals surface area (Å²) in [6.07, 6.45) is 5.74. The molecule has 0 saturated heterocycles. The number of ether oxygens (including phenoxy) is 1. The molecular weight excluding hydrogens is 412 g/mol. The number of unbranched alkanes of at least 4 members (excludes halogenated alkanes) is 1. The van der Waals surface area contributed by atoms with Crippen molar-refractivity contribution >= 4 is 28.5 Å². The summed E-state index contributed by atoms with van der Waals surface area (Å²) in [5.41, 5.74) is 9.22. The molecule has 3 rings (SSSR count). The van der Waals surface area contributed by atoms with Gasteiger partial charge in [-0.15, -0.1) is 0 Å². The summed E-state index contributed by atoms with van der Waals surface area (Å²) < 4.78 is 11.8. The van der Waals surface area contributed by atoms with Gasteiger partial charge in [0.15, 0.2) is 0 Å². The number of aryl methyl sites for hydroxylation is 1. The van der Waals surface area contributed by atoms with E-state index in [4.69, 9.17) is 14.9 Å². The molecule has 178 valence electrons. The van der Waals surface area contributed by atoms with Crippen LogP contribution in [-0.4, -0.2) is 44.7 Å². The number of anilines is 2. The van der Waals surface area contributed by atoms with Gasteiger partial charge in [0.05, 0.1) is 12.8 Å². The highest BCUT2D eigenvalue weighted by atomic mass is 16.5. The van der Waals surface area contributed by atoms with Crippen molar-refractivity contribution in [1.29, 1.82) is 0 Å². The maximum Gasteiger partial charge on any atom is 0.208 e. The monoisotopic (exact) mass is 450 g/mol. The summed E-state index contributed by atoms with van der Waals surface area (Å²) >= 11 is 0. The second kappa shape index (κ2) is 12.3. The number of hydrogen-bond acceptors (Lipinski definition) is 4. The number of fused-ring (bicyclic) bond motifs is 1. The van der Waals surface area contributed by atoms with E-state index < -0.39 is 0 Å². The number of furan rings is 1. The number of para-hydroxylation sites is 1. The van der Waals surface area contributed by atoms with Gasteiger partial charge in [-0.3, -0.25) is 4.99 Å². The second-order valence-electron chi connectivity index (χ2n) is 8.34. The standard InChI is InChI=1S/C27H38N4O2/c1-5-16-30(17-6-2)18-10-9-11-21-14-15-25(32-4)23(19-21)31(27(28)29-3)26-20-22-12-7-8-13-24(22)33-26/h7-8,12-15,19-20H,5-6,9-11,16-18H2,1-4H3,(H2,28,29). The zero-order valence-corrected chi connectivity index (χ0v) is 20.5. The lowest BCUT2D eigenvalue weighted by Gasteiger charge is -2.23. The maximum atomic E-state index is 6.34. The Balaban J connectivity index is 1.81. The molecule has 0 unspecified atom stereocenters. The van der Waals surface area contributed by atoms with E-state index in [0.29, 0.717) is 11.8 Å². The van der Waals surface area contributed by atoms with Crippen LogP contribution in [0.2, 0.25) is 0 Å². The highest BCUT2D eigenvalue weighted by molar-refractivity contribution is 6.03. The Morgan fingerprint density at radius 1 is 1.00 bits per heavy atom. The predicted octanol–water partition coefficient (Wildman–Crippen LogP) is 5.97. The van der Waals surface area contributed by atoms with Gasteiger partial charge >= 0.3 is 0 Å². The first-order chi connectivity index (χ1) is 16.1. The van der Waals surface area contributed by atoms with Crippen LogP contribution in [0.25, 0.3) is 11.0 Å². The van der Waals surface area contributed by atoms with Crippen LogP contribution in [0, 0.1) is 0 Å². The van der Waals surface area contributed by atoms with Crippen LogP contribution in [0.5, 0.6) is 5.75 Å². The molecule has 2 aromatic carbocycles. The summed E-state index contributed by atoms with van der Waals surface area (Å²) in [6.45, 7) is 8.03. The third-order valence-electron chi connectivity index (χ3n) is 5.84. The first-order valence-corrected chi connectivity index (χ1v) is 12.0. The molecule has 1 aromatic heterocycles. The van der Waals surface area contributed by atoms with Gasteiger partial charge in [-0.25, -0.2) is 4.90 Å². The van der Waals surface area contributed by atoms with Crippen LogP contribution in [0.4, 0.5) is 11.6 Å². The zero-order chi connectivity index (χ0) is 23.6. The number of hydrogen-bond donors (Lipinski definition) is 1. The van der Waals surface area contributed by atoms with Gasteiger partial charge in [0, 0.05) is 18.5 Å². The Hall–Kier alpha value is -2.99. The van der Waals surface area contributed by atoms with Crippen LogP contribution >= 0.6 is 0 Å². The SMILES string of the molecule is CCCN(CCC)CCCCc1ccc(OC)c(N(C(N)=NC)c2cc3ccccc3o2)c1. The molecule has 0 amide bonds. The lowest BCUT2D eigenvalue weighted by atomic mass is 10.1. The van der Waals surface area contributed by atoms with Gasteiger partial charge in [0.1, 0.15) is 11.3 Å². The van der Waals surface area contributed by atoms with E-state index in [2.05, 4.69) is 35.9 Å². The Kier molecular flexibility index (Phi) is 9.19. The van der Waals surface area contributed by atoms with E-state index in [0.717, 1.165) is 41.8 Å². The first-order valence-electron chi connectivity index (χ1n) is 12.0. The molecule has 0 saturated carbocycles. The third kappa shape index (κ3) is 6.29. The molecule has 0 fully saturated rings. The predicted molar refractivity (Wildman–Crippen MR) is 139 cm³/mol. The Labute approximate surface area is 198 Å². The molecule has 0 aliphatic carbocycles. The van der Waals surface area contributed by atoms with Crippen molar-refractivity contribution in [1.82, 2.24) is 4.90 Å². The minimum Gasteiger partial charge on any atom is -0.495 e. The van der Waals surface area contributed by atoms with Crippen LogP contribution in [-0.2, 0) is 6.42 Å². The molecule has 0 aliphatic heterocycles. The zero-order valence-electron chi connectivity index (χ0n) is 20.5. The fourth-order valence-electron chi connectivity index (χ4n) is 4.23. The van der Waals surface area contributed by atoms with E-state index >= 15 is 0 Å². The Morgan fingerprint density at radius 2 is 1.76 bits per heavy atom. The summed E-state index contributed by atoms with van der Waals surface area (Å²) in [4.78, 5) is 8.64. The molecule has 33 heavy (non-hydrogen) atoms. The number of benzene rings is 2. The average molecular weight is 451 g/mol. The molecule has 0 aliphatic rings. The molecule has 6 heteroatoms. The van der Waals surface area contributed by atoms with Gasteiger partial charge in [0.25, 0.3) is 0 Å². The molecule has 0 bridgehead atoms. The van der Waals surface area contributed by atoms with Crippen LogP contribution in [0.15, 0.2) is 57.9 Å². The molecule has 3 aromatic rings.